The molecule has 0 bridgehead atoms. The number of nitrogens with zero attached hydrogens (tertiary/aromatic N) is 2. The van der Waals surface area contributed by atoms with Crippen molar-refractivity contribution in [3.05, 3.63) is 48.0 Å². The number of nitrogens with two attached hydrogens (primary N) is 1. The van der Waals surface area contributed by atoms with E-state index in [1.807, 2.05) is 35.0 Å². The fourth-order valence-electron chi connectivity index (χ4n) is 2.11. The Labute approximate surface area is 118 Å². The topological polar surface area (TPSA) is 72.9 Å². The molecule has 0 saturated heterocycles. The van der Waals surface area contributed by atoms with Crippen molar-refractivity contribution in [1.29, 1.82) is 0 Å². The van der Waals surface area contributed by atoms with Crippen molar-refractivity contribution in [1.82, 2.24) is 9.55 Å². The number of carbonyl (C=O) groups is 1. The molecular weight excluding hydrogens is 252 g/mol. The molecule has 2 aromatic rings. The minimum absolute atomic E-state index is 0.0124. The van der Waals surface area contributed by atoms with E-state index in [-0.39, 0.29) is 5.91 Å². The zero-order valence-electron chi connectivity index (χ0n) is 11.7. The molecule has 5 heteroatoms. The minimum atomic E-state index is -0.0124. The summed E-state index contributed by atoms with van der Waals surface area (Å²) >= 11 is 0. The number of rotatable bonds is 6. The molecule has 0 saturated carbocycles. The molecule has 0 aliphatic carbocycles. The first-order valence-corrected chi connectivity index (χ1v) is 6.82. The van der Waals surface area contributed by atoms with Gasteiger partial charge in [0.25, 0.3) is 0 Å². The lowest BCUT2D eigenvalue weighted by Gasteiger charge is -2.10. The number of benzene rings is 1. The van der Waals surface area contributed by atoms with Crippen LogP contribution in [0.2, 0.25) is 0 Å². The number of hydrogen-bond acceptors (Lipinski definition) is 3. The molecule has 1 heterocycles. The Morgan fingerprint density at radius 3 is 2.95 bits per heavy atom. The average Bonchev–Trinajstić information content (AvgIpc) is 2.93. The third-order valence-electron chi connectivity index (χ3n) is 3.21. The highest BCUT2D eigenvalue weighted by molar-refractivity contribution is 5.91. The maximum absolute atomic E-state index is 12.0. The molecule has 0 fully saturated rings. The monoisotopic (exact) mass is 272 g/mol. The Hall–Kier alpha value is -2.14. The van der Waals surface area contributed by atoms with Crippen LogP contribution in [0.4, 0.5) is 5.69 Å². The Bertz CT molecular complexity index is 577. The number of carbonyl (C=O) groups excluding carboxylic acids is 1. The standard InChI is InChI=1S/C15H20N4O/c1-2-14-17-8-10-19(14)9-7-15(20)18-13-6-4-3-5-12(13)11-16/h3-6,8,10H,2,7,9,11,16H2,1H3,(H,18,20). The van der Waals surface area contributed by atoms with Gasteiger partial charge in [0.1, 0.15) is 5.82 Å². The number of aromatic nitrogens is 2. The Kier molecular flexibility index (Phi) is 4.90. The third-order valence-corrected chi connectivity index (χ3v) is 3.21. The lowest BCUT2D eigenvalue weighted by molar-refractivity contribution is -0.116. The summed E-state index contributed by atoms with van der Waals surface area (Å²) < 4.78 is 2.01. The van der Waals surface area contributed by atoms with Gasteiger partial charge in [-0.2, -0.15) is 0 Å². The Balaban J connectivity index is 1.93. The molecule has 1 amide bonds. The van der Waals surface area contributed by atoms with E-state index in [1.54, 1.807) is 6.20 Å². The number of nitrogens with one attached hydrogen (secondary N) is 1. The summed E-state index contributed by atoms with van der Waals surface area (Å²) in [5.41, 5.74) is 7.39. The predicted molar refractivity (Wildman–Crippen MR) is 79.2 cm³/mol. The summed E-state index contributed by atoms with van der Waals surface area (Å²) in [7, 11) is 0. The summed E-state index contributed by atoms with van der Waals surface area (Å²) in [5.74, 6) is 0.988. The predicted octanol–water partition coefficient (Wildman–Crippen LogP) is 1.93. The van der Waals surface area contributed by atoms with E-state index in [1.165, 1.54) is 0 Å². The smallest absolute Gasteiger partial charge is 0.226 e. The van der Waals surface area contributed by atoms with Crippen LogP contribution >= 0.6 is 0 Å². The van der Waals surface area contributed by atoms with Gasteiger partial charge in [-0.05, 0) is 11.6 Å². The van der Waals surface area contributed by atoms with Gasteiger partial charge in [0.05, 0.1) is 0 Å². The zero-order valence-corrected chi connectivity index (χ0v) is 11.7. The van der Waals surface area contributed by atoms with Crippen molar-refractivity contribution in [2.24, 2.45) is 5.73 Å². The SMILES string of the molecule is CCc1nccn1CCC(=O)Nc1ccccc1CN. The van der Waals surface area contributed by atoms with Crippen molar-refractivity contribution in [3.63, 3.8) is 0 Å². The van der Waals surface area contributed by atoms with Crippen LogP contribution < -0.4 is 11.1 Å². The molecule has 0 atom stereocenters. The first-order chi connectivity index (χ1) is 9.74. The number of amides is 1. The summed E-state index contributed by atoms with van der Waals surface area (Å²) in [6.07, 6.45) is 4.95. The van der Waals surface area contributed by atoms with E-state index in [9.17, 15) is 4.79 Å². The maximum Gasteiger partial charge on any atom is 0.226 e. The number of hydrogen-bond donors (Lipinski definition) is 2. The summed E-state index contributed by atoms with van der Waals surface area (Å²) in [6.45, 7) is 3.11. The van der Waals surface area contributed by atoms with Crippen LogP contribution in [0.15, 0.2) is 36.7 Å². The molecule has 0 unspecified atom stereocenters. The molecular formula is C15H20N4O. The van der Waals surface area contributed by atoms with E-state index in [0.717, 1.165) is 23.5 Å². The largest absolute Gasteiger partial charge is 0.334 e. The van der Waals surface area contributed by atoms with Gasteiger partial charge in [0.2, 0.25) is 5.91 Å². The fraction of sp³-hybridized carbons (Fsp3) is 0.333. The minimum Gasteiger partial charge on any atom is -0.334 e. The highest BCUT2D eigenvalue weighted by Gasteiger charge is 2.07. The van der Waals surface area contributed by atoms with Gasteiger partial charge in [-0.1, -0.05) is 25.1 Å². The second-order valence-corrected chi connectivity index (χ2v) is 4.55. The van der Waals surface area contributed by atoms with Crippen molar-refractivity contribution in [3.8, 4) is 0 Å². The summed E-state index contributed by atoms with van der Waals surface area (Å²) in [5, 5.41) is 2.91. The number of anilines is 1. The van der Waals surface area contributed by atoms with Gasteiger partial charge in [-0.25, -0.2) is 4.98 Å². The van der Waals surface area contributed by atoms with Crippen LogP contribution in [0.5, 0.6) is 0 Å². The molecule has 0 aliphatic heterocycles. The lowest BCUT2D eigenvalue weighted by atomic mass is 10.2. The number of para-hydroxylation sites is 1. The van der Waals surface area contributed by atoms with Crippen molar-refractivity contribution in [2.45, 2.75) is 32.9 Å². The highest BCUT2D eigenvalue weighted by Crippen LogP contribution is 2.14. The molecule has 20 heavy (non-hydrogen) atoms. The summed E-state index contributed by atoms with van der Waals surface area (Å²) in [6, 6.07) is 7.59. The molecule has 5 nitrogen and oxygen atoms in total. The lowest BCUT2D eigenvalue weighted by Crippen LogP contribution is -2.16. The molecule has 0 spiro atoms. The van der Waals surface area contributed by atoms with Crippen molar-refractivity contribution < 1.29 is 4.79 Å². The van der Waals surface area contributed by atoms with Crippen LogP contribution in [0.25, 0.3) is 0 Å². The van der Waals surface area contributed by atoms with Gasteiger partial charge < -0.3 is 15.6 Å². The Morgan fingerprint density at radius 2 is 2.20 bits per heavy atom. The first kappa shape index (κ1) is 14.3. The van der Waals surface area contributed by atoms with Gasteiger partial charge >= 0.3 is 0 Å². The highest BCUT2D eigenvalue weighted by atomic mass is 16.1. The van der Waals surface area contributed by atoms with E-state index < -0.39 is 0 Å². The molecule has 0 radical (unpaired) electrons. The fourth-order valence-corrected chi connectivity index (χ4v) is 2.11. The summed E-state index contributed by atoms with van der Waals surface area (Å²) in [4.78, 5) is 16.2. The first-order valence-electron chi connectivity index (χ1n) is 6.82. The average molecular weight is 272 g/mol. The molecule has 0 aliphatic rings. The molecule has 1 aromatic carbocycles. The van der Waals surface area contributed by atoms with E-state index in [2.05, 4.69) is 17.2 Å². The third kappa shape index (κ3) is 3.45. The van der Waals surface area contributed by atoms with E-state index >= 15 is 0 Å². The second-order valence-electron chi connectivity index (χ2n) is 4.55. The van der Waals surface area contributed by atoms with E-state index in [0.29, 0.717) is 19.5 Å². The normalized spacial score (nSPS) is 10.5. The molecule has 2 rings (SSSR count). The van der Waals surface area contributed by atoms with E-state index in [4.69, 9.17) is 5.73 Å². The van der Waals surface area contributed by atoms with Crippen LogP contribution in [-0.2, 0) is 24.3 Å². The van der Waals surface area contributed by atoms with Gasteiger partial charge in [-0.15, -0.1) is 0 Å². The van der Waals surface area contributed by atoms with Crippen molar-refractivity contribution >= 4 is 11.6 Å². The van der Waals surface area contributed by atoms with Gasteiger partial charge in [-0.3, -0.25) is 4.79 Å². The molecule has 3 N–H and O–H groups in total. The van der Waals surface area contributed by atoms with Crippen LogP contribution in [-0.4, -0.2) is 15.5 Å². The zero-order chi connectivity index (χ0) is 14.4. The number of imidazole rings is 1. The van der Waals surface area contributed by atoms with Gasteiger partial charge in [0.15, 0.2) is 0 Å². The Morgan fingerprint density at radius 1 is 1.40 bits per heavy atom. The van der Waals surface area contributed by atoms with Crippen LogP contribution in [0, 0.1) is 0 Å². The maximum atomic E-state index is 12.0. The van der Waals surface area contributed by atoms with Crippen molar-refractivity contribution in [2.75, 3.05) is 5.32 Å². The quantitative estimate of drug-likeness (QED) is 0.844. The second kappa shape index (κ2) is 6.86. The number of aryl methyl sites for hydroxylation is 2. The molecule has 106 valence electrons. The van der Waals surface area contributed by atoms with Crippen LogP contribution in [0.1, 0.15) is 24.7 Å². The van der Waals surface area contributed by atoms with Gasteiger partial charge in [0, 0.05) is 44.0 Å². The molecule has 1 aromatic heterocycles. The van der Waals surface area contributed by atoms with Crippen LogP contribution in [0.3, 0.4) is 0 Å².